The minimum Gasteiger partial charge on any atom is -0.311 e. The Morgan fingerprint density at radius 1 is 1.35 bits per heavy atom. The van der Waals surface area contributed by atoms with Crippen LogP contribution in [0.4, 0.5) is 0 Å². The minimum absolute atomic E-state index is 0.245. The molecule has 0 aliphatic rings. The molecule has 0 aliphatic heterocycles. The standard InChI is InChI=1S/C12H14BrN3S/c1-7-4-5-9(6-10(7)13)12-16-15-11(17-12)8(2)14-3/h4-6,8,14H,1-3H3. The van der Waals surface area contributed by atoms with E-state index < -0.39 is 0 Å². The maximum absolute atomic E-state index is 4.23. The highest BCUT2D eigenvalue weighted by molar-refractivity contribution is 9.10. The van der Waals surface area contributed by atoms with Gasteiger partial charge in [0.1, 0.15) is 10.0 Å². The molecule has 0 bridgehead atoms. The largest absolute Gasteiger partial charge is 0.311 e. The number of benzene rings is 1. The average Bonchev–Trinajstić information content (AvgIpc) is 2.81. The molecular weight excluding hydrogens is 298 g/mol. The third-order valence-corrected chi connectivity index (χ3v) is 4.67. The van der Waals surface area contributed by atoms with E-state index in [0.29, 0.717) is 0 Å². The van der Waals surface area contributed by atoms with E-state index in [2.05, 4.69) is 63.5 Å². The zero-order chi connectivity index (χ0) is 12.4. The summed E-state index contributed by atoms with van der Waals surface area (Å²) in [6, 6.07) is 6.50. The summed E-state index contributed by atoms with van der Waals surface area (Å²) in [6.45, 7) is 4.15. The van der Waals surface area contributed by atoms with Crippen LogP contribution in [0.5, 0.6) is 0 Å². The molecule has 0 saturated carbocycles. The molecule has 1 aromatic heterocycles. The van der Waals surface area contributed by atoms with Gasteiger partial charge in [-0.15, -0.1) is 10.2 Å². The topological polar surface area (TPSA) is 37.8 Å². The summed E-state index contributed by atoms with van der Waals surface area (Å²) in [5.41, 5.74) is 2.33. The number of hydrogen-bond donors (Lipinski definition) is 1. The van der Waals surface area contributed by atoms with Gasteiger partial charge in [-0.25, -0.2) is 0 Å². The summed E-state index contributed by atoms with van der Waals surface area (Å²) < 4.78 is 1.11. The number of aromatic nitrogens is 2. The fourth-order valence-corrected chi connectivity index (χ4v) is 2.66. The highest BCUT2D eigenvalue weighted by Crippen LogP contribution is 2.29. The summed E-state index contributed by atoms with van der Waals surface area (Å²) >= 11 is 5.16. The lowest BCUT2D eigenvalue weighted by Crippen LogP contribution is -2.11. The summed E-state index contributed by atoms with van der Waals surface area (Å²) in [6.07, 6.45) is 0. The molecule has 3 nitrogen and oxygen atoms in total. The molecule has 1 atom stereocenters. The lowest BCUT2D eigenvalue weighted by atomic mass is 10.2. The Bertz CT molecular complexity index is 524. The molecule has 17 heavy (non-hydrogen) atoms. The van der Waals surface area contributed by atoms with E-state index in [1.165, 1.54) is 5.56 Å². The van der Waals surface area contributed by atoms with Gasteiger partial charge in [0, 0.05) is 10.0 Å². The van der Waals surface area contributed by atoms with Gasteiger partial charge in [-0.3, -0.25) is 0 Å². The van der Waals surface area contributed by atoms with E-state index in [9.17, 15) is 0 Å². The third-order valence-electron chi connectivity index (χ3n) is 2.66. The highest BCUT2D eigenvalue weighted by atomic mass is 79.9. The zero-order valence-electron chi connectivity index (χ0n) is 9.99. The highest BCUT2D eigenvalue weighted by Gasteiger charge is 2.11. The first-order valence-electron chi connectivity index (χ1n) is 5.39. The summed E-state index contributed by atoms with van der Waals surface area (Å²) in [4.78, 5) is 0. The molecule has 0 fully saturated rings. The average molecular weight is 312 g/mol. The van der Waals surface area contributed by atoms with Crippen molar-refractivity contribution in [3.05, 3.63) is 33.2 Å². The Kier molecular flexibility index (Phi) is 3.91. The van der Waals surface area contributed by atoms with Gasteiger partial charge >= 0.3 is 0 Å². The van der Waals surface area contributed by atoms with Crippen molar-refractivity contribution in [2.45, 2.75) is 19.9 Å². The second-order valence-electron chi connectivity index (χ2n) is 3.92. The SMILES string of the molecule is CNC(C)c1nnc(-c2ccc(C)c(Br)c2)s1. The van der Waals surface area contributed by atoms with Crippen molar-refractivity contribution < 1.29 is 0 Å². The Morgan fingerprint density at radius 3 is 2.76 bits per heavy atom. The molecule has 1 heterocycles. The molecule has 90 valence electrons. The van der Waals surface area contributed by atoms with Crippen LogP contribution < -0.4 is 5.32 Å². The number of nitrogens with zero attached hydrogens (tertiary/aromatic N) is 2. The van der Waals surface area contributed by atoms with Gasteiger partial charge in [0.05, 0.1) is 6.04 Å². The molecule has 1 aromatic carbocycles. The molecule has 0 aliphatic carbocycles. The maximum atomic E-state index is 4.23. The van der Waals surface area contributed by atoms with Crippen LogP contribution in [0, 0.1) is 6.92 Å². The maximum Gasteiger partial charge on any atom is 0.147 e. The van der Waals surface area contributed by atoms with Gasteiger partial charge in [-0.2, -0.15) is 0 Å². The molecule has 1 unspecified atom stereocenters. The Labute approximate surface area is 113 Å². The quantitative estimate of drug-likeness (QED) is 0.942. The van der Waals surface area contributed by atoms with E-state index in [1.807, 2.05) is 7.05 Å². The first-order valence-corrected chi connectivity index (χ1v) is 7.00. The lowest BCUT2D eigenvalue weighted by Gasteiger charge is -2.03. The molecule has 0 amide bonds. The lowest BCUT2D eigenvalue weighted by molar-refractivity contribution is 0.640. The van der Waals surface area contributed by atoms with Crippen molar-refractivity contribution in [2.75, 3.05) is 7.05 Å². The van der Waals surface area contributed by atoms with Gasteiger partial charge in [-0.1, -0.05) is 39.4 Å². The summed E-state index contributed by atoms with van der Waals surface area (Å²) in [7, 11) is 1.92. The molecule has 0 spiro atoms. The van der Waals surface area contributed by atoms with Crippen molar-refractivity contribution in [3.63, 3.8) is 0 Å². The van der Waals surface area contributed by atoms with Crippen molar-refractivity contribution in [3.8, 4) is 10.6 Å². The predicted octanol–water partition coefficient (Wildman–Crippen LogP) is 3.56. The Hall–Kier alpha value is -0.780. The van der Waals surface area contributed by atoms with Crippen molar-refractivity contribution in [2.24, 2.45) is 0 Å². The van der Waals surface area contributed by atoms with Crippen molar-refractivity contribution in [1.29, 1.82) is 0 Å². The number of aryl methyl sites for hydroxylation is 1. The van der Waals surface area contributed by atoms with Crippen LogP contribution in [0.2, 0.25) is 0 Å². The minimum atomic E-state index is 0.245. The monoisotopic (exact) mass is 311 g/mol. The van der Waals surface area contributed by atoms with Crippen LogP contribution in [0.25, 0.3) is 10.6 Å². The summed E-state index contributed by atoms with van der Waals surface area (Å²) in [5, 5.41) is 13.6. The van der Waals surface area contributed by atoms with Crippen LogP contribution in [-0.2, 0) is 0 Å². The van der Waals surface area contributed by atoms with Gasteiger partial charge in [-0.05, 0) is 32.5 Å². The summed E-state index contributed by atoms with van der Waals surface area (Å²) in [5.74, 6) is 0. The van der Waals surface area contributed by atoms with E-state index in [0.717, 1.165) is 20.1 Å². The van der Waals surface area contributed by atoms with Gasteiger partial charge in [0.25, 0.3) is 0 Å². The van der Waals surface area contributed by atoms with Crippen LogP contribution in [0.1, 0.15) is 23.5 Å². The second-order valence-corrected chi connectivity index (χ2v) is 5.78. The Balaban J connectivity index is 2.33. The van der Waals surface area contributed by atoms with Gasteiger partial charge < -0.3 is 5.32 Å². The molecule has 0 radical (unpaired) electrons. The molecule has 0 saturated heterocycles. The van der Waals surface area contributed by atoms with Crippen LogP contribution in [-0.4, -0.2) is 17.2 Å². The number of halogens is 1. The molecule has 2 rings (SSSR count). The zero-order valence-corrected chi connectivity index (χ0v) is 12.4. The predicted molar refractivity (Wildman–Crippen MR) is 75.3 cm³/mol. The van der Waals surface area contributed by atoms with Gasteiger partial charge in [0.15, 0.2) is 0 Å². The van der Waals surface area contributed by atoms with Gasteiger partial charge in [0.2, 0.25) is 0 Å². The van der Waals surface area contributed by atoms with Crippen molar-refractivity contribution in [1.82, 2.24) is 15.5 Å². The van der Waals surface area contributed by atoms with E-state index in [-0.39, 0.29) is 6.04 Å². The van der Waals surface area contributed by atoms with E-state index in [4.69, 9.17) is 0 Å². The fourth-order valence-electron chi connectivity index (χ4n) is 1.38. The number of nitrogens with one attached hydrogen (secondary N) is 1. The van der Waals surface area contributed by atoms with E-state index >= 15 is 0 Å². The molecule has 1 N–H and O–H groups in total. The molecular formula is C12H14BrN3S. The van der Waals surface area contributed by atoms with Crippen molar-refractivity contribution >= 4 is 27.3 Å². The molecule has 2 aromatic rings. The van der Waals surface area contributed by atoms with E-state index in [1.54, 1.807) is 11.3 Å². The number of rotatable bonds is 3. The van der Waals surface area contributed by atoms with Crippen LogP contribution in [0.3, 0.4) is 0 Å². The fraction of sp³-hybridized carbons (Fsp3) is 0.333. The third kappa shape index (κ3) is 2.73. The number of hydrogen-bond acceptors (Lipinski definition) is 4. The van der Waals surface area contributed by atoms with Crippen LogP contribution in [0.15, 0.2) is 22.7 Å². The smallest absolute Gasteiger partial charge is 0.147 e. The normalized spacial score (nSPS) is 12.7. The second kappa shape index (κ2) is 5.25. The Morgan fingerprint density at radius 2 is 2.12 bits per heavy atom. The first kappa shape index (κ1) is 12.7. The first-order chi connectivity index (χ1) is 8.11. The molecule has 5 heteroatoms. The van der Waals surface area contributed by atoms with Crippen LogP contribution >= 0.6 is 27.3 Å².